The van der Waals surface area contributed by atoms with Crippen molar-refractivity contribution < 1.29 is 14.6 Å². The maximum absolute atomic E-state index is 11.9. The molecule has 1 atom stereocenters. The van der Waals surface area contributed by atoms with Crippen molar-refractivity contribution in [1.82, 2.24) is 5.32 Å². The van der Waals surface area contributed by atoms with E-state index in [1.54, 1.807) is 31.4 Å². The Hall–Kier alpha value is -2.04. The molecule has 0 spiro atoms. The fourth-order valence-electron chi connectivity index (χ4n) is 2.19. The molecular formula is C18H20ClNO3. The van der Waals surface area contributed by atoms with Crippen molar-refractivity contribution in [3.8, 4) is 5.75 Å². The summed E-state index contributed by atoms with van der Waals surface area (Å²) in [4.78, 5) is 11.9. The number of ether oxygens (including phenoxy) is 1. The highest BCUT2D eigenvalue weighted by Gasteiger charge is 2.09. The summed E-state index contributed by atoms with van der Waals surface area (Å²) in [6.07, 6.45) is 0.244. The smallest absolute Gasteiger partial charge is 0.220 e. The first-order valence-corrected chi connectivity index (χ1v) is 7.79. The number of aryl methyl sites for hydroxylation is 1. The SMILES string of the molecule is COc1cccc(CCC(=O)NCC(O)c2ccc(Cl)cc2)c1. The molecule has 0 saturated carbocycles. The molecule has 1 unspecified atom stereocenters. The second kappa shape index (κ2) is 8.56. The van der Waals surface area contributed by atoms with Crippen molar-refractivity contribution in [3.05, 3.63) is 64.7 Å². The number of methoxy groups -OCH3 is 1. The van der Waals surface area contributed by atoms with Crippen molar-refractivity contribution in [2.24, 2.45) is 0 Å². The lowest BCUT2D eigenvalue weighted by Gasteiger charge is -2.12. The molecule has 0 aliphatic carbocycles. The van der Waals surface area contributed by atoms with Gasteiger partial charge in [-0.05, 0) is 41.8 Å². The zero-order chi connectivity index (χ0) is 16.7. The van der Waals surface area contributed by atoms with E-state index in [1.807, 2.05) is 24.3 Å². The zero-order valence-electron chi connectivity index (χ0n) is 13.0. The summed E-state index contributed by atoms with van der Waals surface area (Å²) in [5.41, 5.74) is 1.76. The van der Waals surface area contributed by atoms with E-state index in [2.05, 4.69) is 5.32 Å². The molecule has 1 amide bonds. The molecule has 4 nitrogen and oxygen atoms in total. The van der Waals surface area contributed by atoms with E-state index >= 15 is 0 Å². The summed E-state index contributed by atoms with van der Waals surface area (Å²) in [5.74, 6) is 0.682. The molecule has 2 aromatic rings. The number of carbonyl (C=O) groups excluding carboxylic acids is 1. The average molecular weight is 334 g/mol. The first-order chi connectivity index (χ1) is 11.1. The van der Waals surface area contributed by atoms with Gasteiger partial charge in [-0.25, -0.2) is 0 Å². The summed E-state index contributed by atoms with van der Waals surface area (Å²) in [7, 11) is 1.62. The maximum atomic E-state index is 11.9. The Bertz CT molecular complexity index is 643. The van der Waals surface area contributed by atoms with Crippen LogP contribution in [-0.4, -0.2) is 24.7 Å². The van der Waals surface area contributed by atoms with Crippen LogP contribution in [0.3, 0.4) is 0 Å². The van der Waals surface area contributed by atoms with Crippen molar-refractivity contribution in [3.63, 3.8) is 0 Å². The van der Waals surface area contributed by atoms with Crippen LogP contribution in [0.2, 0.25) is 5.02 Å². The highest BCUT2D eigenvalue weighted by molar-refractivity contribution is 6.30. The third-order valence-corrected chi connectivity index (χ3v) is 3.77. The first kappa shape index (κ1) is 17.3. The van der Waals surface area contributed by atoms with E-state index < -0.39 is 6.10 Å². The second-order valence-electron chi connectivity index (χ2n) is 5.22. The number of aliphatic hydroxyl groups is 1. The molecule has 2 N–H and O–H groups in total. The number of aliphatic hydroxyl groups excluding tert-OH is 1. The molecule has 122 valence electrons. The van der Waals surface area contributed by atoms with Gasteiger partial charge in [0.15, 0.2) is 0 Å². The molecule has 0 bridgehead atoms. The standard InChI is InChI=1S/C18H20ClNO3/c1-23-16-4-2-3-13(11-16)5-10-18(22)20-12-17(21)14-6-8-15(19)9-7-14/h2-4,6-9,11,17,21H,5,10,12H2,1H3,(H,20,22). The third kappa shape index (κ3) is 5.58. The van der Waals surface area contributed by atoms with Crippen molar-refractivity contribution in [2.45, 2.75) is 18.9 Å². The predicted molar refractivity (Wildman–Crippen MR) is 90.7 cm³/mol. The molecule has 2 aromatic carbocycles. The van der Waals surface area contributed by atoms with Crippen LogP contribution in [0.4, 0.5) is 0 Å². The molecule has 5 heteroatoms. The van der Waals surface area contributed by atoms with Gasteiger partial charge in [0.1, 0.15) is 5.75 Å². The van der Waals surface area contributed by atoms with E-state index in [0.717, 1.165) is 16.9 Å². The van der Waals surface area contributed by atoms with Crippen LogP contribution in [0.15, 0.2) is 48.5 Å². The number of rotatable bonds is 7. The average Bonchev–Trinajstić information content (AvgIpc) is 2.58. The third-order valence-electron chi connectivity index (χ3n) is 3.52. The Morgan fingerprint density at radius 1 is 1.26 bits per heavy atom. The van der Waals surface area contributed by atoms with Crippen molar-refractivity contribution in [2.75, 3.05) is 13.7 Å². The Kier molecular flexibility index (Phi) is 6.44. The number of nitrogens with one attached hydrogen (secondary N) is 1. The topological polar surface area (TPSA) is 58.6 Å². The second-order valence-corrected chi connectivity index (χ2v) is 5.66. The van der Waals surface area contributed by atoms with Gasteiger partial charge in [0.05, 0.1) is 13.2 Å². The van der Waals surface area contributed by atoms with Crippen LogP contribution in [0.5, 0.6) is 5.75 Å². The molecule has 0 heterocycles. The molecule has 0 aliphatic heterocycles. The highest BCUT2D eigenvalue weighted by Crippen LogP contribution is 2.16. The fourth-order valence-corrected chi connectivity index (χ4v) is 2.31. The van der Waals surface area contributed by atoms with Crippen LogP contribution in [-0.2, 0) is 11.2 Å². The highest BCUT2D eigenvalue weighted by atomic mass is 35.5. The van der Waals surface area contributed by atoms with E-state index in [9.17, 15) is 9.90 Å². The summed E-state index contributed by atoms with van der Waals surface area (Å²) >= 11 is 5.80. The molecule has 0 saturated heterocycles. The van der Waals surface area contributed by atoms with Gasteiger partial charge in [-0.3, -0.25) is 4.79 Å². The summed E-state index contributed by atoms with van der Waals surface area (Å²) in [6.45, 7) is 0.179. The lowest BCUT2D eigenvalue weighted by molar-refractivity contribution is -0.121. The molecule has 23 heavy (non-hydrogen) atoms. The minimum Gasteiger partial charge on any atom is -0.497 e. The number of hydrogen-bond acceptors (Lipinski definition) is 3. The minimum atomic E-state index is -0.743. The van der Waals surface area contributed by atoms with Crippen LogP contribution in [0, 0.1) is 0 Å². The minimum absolute atomic E-state index is 0.0965. The van der Waals surface area contributed by atoms with E-state index in [1.165, 1.54) is 0 Å². The predicted octanol–water partition coefficient (Wildman–Crippen LogP) is 3.13. The van der Waals surface area contributed by atoms with Crippen molar-refractivity contribution >= 4 is 17.5 Å². The molecule has 0 fully saturated rings. The summed E-state index contributed by atoms with van der Waals surface area (Å²) in [5, 5.41) is 13.4. The van der Waals surface area contributed by atoms with E-state index in [4.69, 9.17) is 16.3 Å². The largest absolute Gasteiger partial charge is 0.497 e. The summed E-state index contributed by atoms with van der Waals surface area (Å²) < 4.78 is 5.15. The Balaban J connectivity index is 1.77. The number of halogens is 1. The zero-order valence-corrected chi connectivity index (χ0v) is 13.7. The van der Waals surface area contributed by atoms with Crippen LogP contribution in [0.1, 0.15) is 23.7 Å². The van der Waals surface area contributed by atoms with Gasteiger partial charge in [0.2, 0.25) is 5.91 Å². The van der Waals surface area contributed by atoms with Gasteiger partial charge in [-0.15, -0.1) is 0 Å². The lowest BCUT2D eigenvalue weighted by atomic mass is 10.1. The number of carbonyl (C=O) groups is 1. The van der Waals surface area contributed by atoms with Gasteiger partial charge in [0.25, 0.3) is 0 Å². The number of benzene rings is 2. The molecule has 0 aromatic heterocycles. The van der Waals surface area contributed by atoms with Gasteiger partial charge < -0.3 is 15.2 Å². The normalized spacial score (nSPS) is 11.8. The van der Waals surface area contributed by atoms with Crippen LogP contribution >= 0.6 is 11.6 Å². The van der Waals surface area contributed by atoms with Crippen LogP contribution in [0.25, 0.3) is 0 Å². The number of hydrogen-bond donors (Lipinski definition) is 2. The number of amides is 1. The Morgan fingerprint density at radius 3 is 2.70 bits per heavy atom. The van der Waals surface area contributed by atoms with E-state index in [0.29, 0.717) is 17.9 Å². The lowest BCUT2D eigenvalue weighted by Crippen LogP contribution is -2.28. The molecule has 2 rings (SSSR count). The Labute approximate surface area is 141 Å². The molecular weight excluding hydrogens is 314 g/mol. The quantitative estimate of drug-likeness (QED) is 0.818. The van der Waals surface area contributed by atoms with Gasteiger partial charge in [-0.1, -0.05) is 35.9 Å². The monoisotopic (exact) mass is 333 g/mol. The first-order valence-electron chi connectivity index (χ1n) is 7.41. The van der Waals surface area contributed by atoms with Gasteiger partial charge >= 0.3 is 0 Å². The fraction of sp³-hybridized carbons (Fsp3) is 0.278. The van der Waals surface area contributed by atoms with Crippen LogP contribution < -0.4 is 10.1 Å². The molecule has 0 radical (unpaired) electrons. The van der Waals surface area contributed by atoms with Gasteiger partial charge in [-0.2, -0.15) is 0 Å². The summed E-state index contributed by atoms with van der Waals surface area (Å²) in [6, 6.07) is 14.6. The molecule has 0 aliphatic rings. The van der Waals surface area contributed by atoms with Crippen molar-refractivity contribution in [1.29, 1.82) is 0 Å². The van der Waals surface area contributed by atoms with E-state index in [-0.39, 0.29) is 12.5 Å². The van der Waals surface area contributed by atoms with Gasteiger partial charge in [0, 0.05) is 18.0 Å². The maximum Gasteiger partial charge on any atom is 0.220 e. The Morgan fingerprint density at radius 2 is 2.00 bits per heavy atom.